The van der Waals surface area contributed by atoms with Gasteiger partial charge < -0.3 is 5.32 Å². The van der Waals surface area contributed by atoms with Crippen LogP contribution in [0.5, 0.6) is 0 Å². The molecule has 152 valence electrons. The molecule has 2 rings (SSSR count). The van der Waals surface area contributed by atoms with Gasteiger partial charge in [-0.25, -0.2) is 13.4 Å². The number of amides is 1. The lowest BCUT2D eigenvalue weighted by Crippen LogP contribution is -2.44. The second kappa shape index (κ2) is 8.92. The molecule has 1 atom stereocenters. The SMILES string of the molecule is CC(Sc1ccc(S(=O)(=O)N(C)C2CCCCC2)cn1)C(=O)NC(C)(C)C. The summed E-state index contributed by atoms with van der Waals surface area (Å²) in [6.45, 7) is 7.62. The fourth-order valence-corrected chi connectivity index (χ4v) is 5.25. The van der Waals surface area contributed by atoms with Gasteiger partial charge in [-0.3, -0.25) is 4.79 Å². The largest absolute Gasteiger partial charge is 0.351 e. The Morgan fingerprint density at radius 1 is 1.26 bits per heavy atom. The lowest BCUT2D eigenvalue weighted by molar-refractivity contribution is -0.121. The molecule has 1 fully saturated rings. The smallest absolute Gasteiger partial charge is 0.244 e. The molecule has 0 aromatic carbocycles. The number of sulfonamides is 1. The minimum Gasteiger partial charge on any atom is -0.351 e. The summed E-state index contributed by atoms with van der Waals surface area (Å²) >= 11 is 1.32. The molecule has 1 aromatic heterocycles. The molecular formula is C19H31N3O3S2. The number of nitrogens with zero attached hydrogens (tertiary/aromatic N) is 2. The van der Waals surface area contributed by atoms with E-state index in [-0.39, 0.29) is 27.6 Å². The molecule has 0 radical (unpaired) electrons. The zero-order valence-corrected chi connectivity index (χ0v) is 18.5. The highest BCUT2D eigenvalue weighted by molar-refractivity contribution is 8.00. The van der Waals surface area contributed by atoms with Crippen LogP contribution in [0.25, 0.3) is 0 Å². The van der Waals surface area contributed by atoms with E-state index in [1.165, 1.54) is 28.7 Å². The van der Waals surface area contributed by atoms with E-state index in [9.17, 15) is 13.2 Å². The van der Waals surface area contributed by atoms with E-state index in [0.717, 1.165) is 25.7 Å². The predicted molar refractivity (Wildman–Crippen MR) is 109 cm³/mol. The predicted octanol–water partition coefficient (Wildman–Crippen LogP) is 3.43. The van der Waals surface area contributed by atoms with Crippen molar-refractivity contribution in [3.63, 3.8) is 0 Å². The first-order chi connectivity index (χ1) is 12.5. The van der Waals surface area contributed by atoms with Gasteiger partial charge >= 0.3 is 0 Å². The normalized spacial score (nSPS) is 17.7. The van der Waals surface area contributed by atoms with Crippen molar-refractivity contribution >= 4 is 27.7 Å². The van der Waals surface area contributed by atoms with Crippen molar-refractivity contribution in [2.24, 2.45) is 0 Å². The Hall–Kier alpha value is -1.12. The van der Waals surface area contributed by atoms with Crippen molar-refractivity contribution in [3.8, 4) is 0 Å². The van der Waals surface area contributed by atoms with Crippen molar-refractivity contribution < 1.29 is 13.2 Å². The zero-order chi connectivity index (χ0) is 20.2. The van der Waals surface area contributed by atoms with Crippen molar-refractivity contribution in [3.05, 3.63) is 18.3 Å². The van der Waals surface area contributed by atoms with Gasteiger partial charge in [0.1, 0.15) is 4.90 Å². The standard InChI is InChI=1S/C19H31N3O3S2/c1-14(18(23)21-19(2,3)4)26-17-12-11-16(13-20-17)27(24,25)22(5)15-9-7-6-8-10-15/h11-15H,6-10H2,1-5H3,(H,21,23). The van der Waals surface area contributed by atoms with Crippen molar-refractivity contribution in [1.82, 2.24) is 14.6 Å². The minimum absolute atomic E-state index is 0.0666. The van der Waals surface area contributed by atoms with Crippen molar-refractivity contribution in [2.45, 2.75) is 86.6 Å². The molecule has 1 N–H and O–H groups in total. The van der Waals surface area contributed by atoms with Crippen LogP contribution in [-0.4, -0.2) is 47.5 Å². The van der Waals surface area contributed by atoms with Gasteiger partial charge in [-0.05, 0) is 52.7 Å². The molecule has 1 aliphatic rings. The third-order valence-corrected chi connectivity index (χ3v) is 7.58. The van der Waals surface area contributed by atoms with Crippen LogP contribution in [0.2, 0.25) is 0 Å². The number of hydrogen-bond acceptors (Lipinski definition) is 5. The maximum Gasteiger partial charge on any atom is 0.244 e. The lowest BCUT2D eigenvalue weighted by Gasteiger charge is -2.30. The van der Waals surface area contributed by atoms with Gasteiger partial charge in [0, 0.05) is 24.8 Å². The first-order valence-corrected chi connectivity index (χ1v) is 11.8. The number of aromatic nitrogens is 1. The lowest BCUT2D eigenvalue weighted by atomic mass is 9.96. The Morgan fingerprint density at radius 3 is 2.41 bits per heavy atom. The Balaban J connectivity index is 2.04. The van der Waals surface area contributed by atoms with E-state index in [0.29, 0.717) is 5.03 Å². The van der Waals surface area contributed by atoms with Crippen LogP contribution in [0.3, 0.4) is 0 Å². The molecule has 0 aliphatic heterocycles. The van der Waals surface area contributed by atoms with E-state index >= 15 is 0 Å². The fourth-order valence-electron chi connectivity index (χ4n) is 3.10. The van der Waals surface area contributed by atoms with Crippen LogP contribution < -0.4 is 5.32 Å². The van der Waals surface area contributed by atoms with Crippen LogP contribution in [0.1, 0.15) is 59.8 Å². The summed E-state index contributed by atoms with van der Waals surface area (Å²) in [5, 5.41) is 3.25. The minimum atomic E-state index is -3.54. The number of pyridine rings is 1. The molecule has 6 nitrogen and oxygen atoms in total. The van der Waals surface area contributed by atoms with Crippen molar-refractivity contribution in [2.75, 3.05) is 7.05 Å². The van der Waals surface area contributed by atoms with E-state index in [2.05, 4.69) is 10.3 Å². The molecule has 1 saturated carbocycles. The maximum absolute atomic E-state index is 12.8. The van der Waals surface area contributed by atoms with E-state index < -0.39 is 10.0 Å². The fraction of sp³-hybridized carbons (Fsp3) is 0.684. The Morgan fingerprint density at radius 2 is 1.89 bits per heavy atom. The number of thioether (sulfide) groups is 1. The number of hydrogen-bond donors (Lipinski definition) is 1. The topological polar surface area (TPSA) is 79.4 Å². The van der Waals surface area contributed by atoms with Crippen molar-refractivity contribution in [1.29, 1.82) is 0 Å². The molecule has 1 aromatic rings. The monoisotopic (exact) mass is 413 g/mol. The third-order valence-electron chi connectivity index (χ3n) is 4.64. The van der Waals surface area contributed by atoms with Crippen LogP contribution in [0.15, 0.2) is 28.3 Å². The van der Waals surface area contributed by atoms with Gasteiger partial charge in [-0.1, -0.05) is 31.0 Å². The first-order valence-electron chi connectivity index (χ1n) is 9.43. The van der Waals surface area contributed by atoms with Gasteiger partial charge in [0.2, 0.25) is 15.9 Å². The second-order valence-electron chi connectivity index (χ2n) is 8.14. The Labute approximate surface area is 167 Å². The van der Waals surface area contributed by atoms with Gasteiger partial charge in [0.25, 0.3) is 0 Å². The number of carbonyl (C=O) groups excluding carboxylic acids is 1. The molecule has 1 heterocycles. The maximum atomic E-state index is 12.8. The third kappa shape index (κ3) is 6.19. The van der Waals surface area contributed by atoms with Crippen LogP contribution >= 0.6 is 11.8 Å². The Bertz CT molecular complexity index is 736. The quantitative estimate of drug-likeness (QED) is 0.723. The average molecular weight is 414 g/mol. The van der Waals surface area contributed by atoms with E-state index in [1.54, 1.807) is 19.2 Å². The average Bonchev–Trinajstić information content (AvgIpc) is 2.60. The molecule has 1 aliphatic carbocycles. The van der Waals surface area contributed by atoms with Gasteiger partial charge in [-0.15, -0.1) is 0 Å². The molecule has 1 amide bonds. The van der Waals surface area contributed by atoms with Crippen LogP contribution in [0, 0.1) is 0 Å². The van der Waals surface area contributed by atoms with Gasteiger partial charge in [0.15, 0.2) is 0 Å². The summed E-state index contributed by atoms with van der Waals surface area (Å²) in [4.78, 5) is 16.7. The summed E-state index contributed by atoms with van der Waals surface area (Å²) in [6, 6.07) is 3.32. The number of nitrogens with one attached hydrogen (secondary N) is 1. The molecule has 0 spiro atoms. The van der Waals surface area contributed by atoms with E-state index in [1.807, 2.05) is 27.7 Å². The van der Waals surface area contributed by atoms with Crippen LogP contribution in [-0.2, 0) is 14.8 Å². The molecule has 0 bridgehead atoms. The molecule has 8 heteroatoms. The van der Waals surface area contributed by atoms with Crippen LogP contribution in [0.4, 0.5) is 0 Å². The molecule has 1 unspecified atom stereocenters. The number of carbonyl (C=O) groups is 1. The second-order valence-corrected chi connectivity index (χ2v) is 11.5. The highest BCUT2D eigenvalue weighted by atomic mass is 32.2. The summed E-state index contributed by atoms with van der Waals surface area (Å²) in [6.07, 6.45) is 6.55. The molecular weight excluding hydrogens is 382 g/mol. The zero-order valence-electron chi connectivity index (χ0n) is 16.9. The summed E-state index contributed by atoms with van der Waals surface area (Å²) in [5.74, 6) is -0.0666. The van der Waals surface area contributed by atoms with E-state index in [4.69, 9.17) is 0 Å². The summed E-state index contributed by atoms with van der Waals surface area (Å²) < 4.78 is 27.2. The first kappa shape index (κ1) is 22.2. The van der Waals surface area contributed by atoms with Gasteiger partial charge in [0.05, 0.1) is 10.3 Å². The van der Waals surface area contributed by atoms with Gasteiger partial charge in [-0.2, -0.15) is 4.31 Å². The summed E-state index contributed by atoms with van der Waals surface area (Å²) in [5.41, 5.74) is -0.291. The summed E-state index contributed by atoms with van der Waals surface area (Å²) in [7, 11) is -1.88. The highest BCUT2D eigenvalue weighted by Gasteiger charge is 2.29. The highest BCUT2D eigenvalue weighted by Crippen LogP contribution is 2.27. The number of rotatable bonds is 6. The molecule has 0 saturated heterocycles. The Kier molecular flexibility index (Phi) is 7.33. The molecule has 27 heavy (non-hydrogen) atoms.